The quantitative estimate of drug-likeness (QED) is 0.627. The third-order valence-corrected chi connectivity index (χ3v) is 4.82. The lowest BCUT2D eigenvalue weighted by atomic mass is 10.2. The molecular weight excluding hydrogens is 243 g/mol. The highest BCUT2D eigenvalue weighted by Crippen LogP contribution is 2.35. The number of fused-ring (bicyclic) bond motifs is 3. The number of hydrogen-bond donors (Lipinski definition) is 0. The second-order valence-electron chi connectivity index (χ2n) is 4.55. The highest BCUT2D eigenvalue weighted by molar-refractivity contribution is 7.42. The standard InChI is InChI=1S/C13H13N4P/c1-16-11-4-5-14-8-10(11)9-2-3-12(15-13(9)16)17-6-7-18-17/h2-5,8,18H,6-7H2,1H3. The van der Waals surface area contributed by atoms with Gasteiger partial charge in [-0.15, -0.1) is 0 Å². The van der Waals surface area contributed by atoms with Gasteiger partial charge in [-0.1, -0.05) is 0 Å². The predicted molar refractivity (Wildman–Crippen MR) is 76.5 cm³/mol. The summed E-state index contributed by atoms with van der Waals surface area (Å²) in [5, 5.41) is 2.37. The molecule has 0 spiro atoms. The maximum Gasteiger partial charge on any atom is 0.143 e. The number of hydrogen-bond acceptors (Lipinski definition) is 3. The normalized spacial score (nSPS) is 16.6. The Bertz CT molecular complexity index is 745. The number of nitrogens with zero attached hydrogens (tertiary/aromatic N) is 4. The van der Waals surface area contributed by atoms with Crippen molar-refractivity contribution in [3.05, 3.63) is 30.6 Å². The number of aromatic nitrogens is 3. The van der Waals surface area contributed by atoms with Crippen LogP contribution in [0.4, 0.5) is 5.82 Å². The van der Waals surface area contributed by atoms with Crippen molar-refractivity contribution in [2.75, 3.05) is 17.4 Å². The van der Waals surface area contributed by atoms with Crippen molar-refractivity contribution >= 4 is 36.5 Å². The van der Waals surface area contributed by atoms with Gasteiger partial charge >= 0.3 is 0 Å². The van der Waals surface area contributed by atoms with Gasteiger partial charge in [0.05, 0.1) is 5.52 Å². The van der Waals surface area contributed by atoms with Gasteiger partial charge in [-0.3, -0.25) is 4.98 Å². The minimum Gasteiger partial charge on any atom is -0.338 e. The third kappa shape index (κ3) is 1.30. The Morgan fingerprint density at radius 1 is 1.22 bits per heavy atom. The Kier molecular flexibility index (Phi) is 2.09. The van der Waals surface area contributed by atoms with E-state index in [4.69, 9.17) is 4.98 Å². The summed E-state index contributed by atoms with van der Waals surface area (Å²) in [5.41, 5.74) is 2.24. The zero-order valence-corrected chi connectivity index (χ0v) is 11.1. The highest BCUT2D eigenvalue weighted by Gasteiger charge is 2.17. The van der Waals surface area contributed by atoms with E-state index in [-0.39, 0.29) is 0 Å². The second kappa shape index (κ2) is 3.66. The zero-order chi connectivity index (χ0) is 12.1. The van der Waals surface area contributed by atoms with Crippen molar-refractivity contribution < 1.29 is 0 Å². The third-order valence-electron chi connectivity index (χ3n) is 3.54. The molecule has 1 aliphatic heterocycles. The first-order chi connectivity index (χ1) is 8.84. The number of pyridine rings is 2. The van der Waals surface area contributed by atoms with Gasteiger partial charge in [-0.25, -0.2) is 4.98 Å². The van der Waals surface area contributed by atoms with E-state index < -0.39 is 0 Å². The van der Waals surface area contributed by atoms with Gasteiger partial charge in [0.25, 0.3) is 0 Å². The van der Waals surface area contributed by atoms with E-state index in [1.165, 1.54) is 22.5 Å². The van der Waals surface area contributed by atoms with Crippen LogP contribution in [0.25, 0.3) is 21.9 Å². The summed E-state index contributed by atoms with van der Waals surface area (Å²) in [6.45, 7) is 1.14. The van der Waals surface area contributed by atoms with E-state index in [9.17, 15) is 0 Å². The first-order valence-corrected chi connectivity index (χ1v) is 7.20. The van der Waals surface area contributed by atoms with E-state index >= 15 is 0 Å². The molecule has 1 aliphatic rings. The Morgan fingerprint density at radius 2 is 2.11 bits per heavy atom. The van der Waals surface area contributed by atoms with Crippen LogP contribution >= 0.6 is 8.73 Å². The fourth-order valence-electron chi connectivity index (χ4n) is 2.48. The molecule has 0 N–H and O–H groups in total. The molecule has 1 fully saturated rings. The molecule has 0 bridgehead atoms. The Hall–Kier alpha value is -1.67. The van der Waals surface area contributed by atoms with Crippen LogP contribution in [0.1, 0.15) is 0 Å². The molecule has 1 atom stereocenters. The first-order valence-electron chi connectivity index (χ1n) is 6.05. The molecule has 90 valence electrons. The summed E-state index contributed by atoms with van der Waals surface area (Å²) in [7, 11) is 2.96. The lowest BCUT2D eigenvalue weighted by Gasteiger charge is -2.31. The van der Waals surface area contributed by atoms with Crippen LogP contribution in [0.2, 0.25) is 0 Å². The molecule has 4 heterocycles. The molecule has 3 aromatic heterocycles. The number of aryl methyl sites for hydroxylation is 1. The van der Waals surface area contributed by atoms with Gasteiger partial charge in [0, 0.05) is 42.9 Å². The average Bonchev–Trinajstić information content (AvgIpc) is 2.62. The predicted octanol–water partition coefficient (Wildman–Crippen LogP) is 2.54. The van der Waals surface area contributed by atoms with E-state index in [1.807, 2.05) is 18.5 Å². The molecule has 0 aliphatic carbocycles. The largest absolute Gasteiger partial charge is 0.338 e. The van der Waals surface area contributed by atoms with Crippen molar-refractivity contribution in [1.82, 2.24) is 14.5 Å². The molecule has 0 radical (unpaired) electrons. The molecule has 0 amide bonds. The minimum atomic E-state index is 0.896. The zero-order valence-electron chi connectivity index (χ0n) is 10.1. The molecule has 4 rings (SSSR count). The number of rotatable bonds is 1. The van der Waals surface area contributed by atoms with Crippen LogP contribution in [-0.4, -0.2) is 27.2 Å². The van der Waals surface area contributed by atoms with E-state index in [2.05, 4.69) is 33.4 Å². The molecule has 0 saturated carbocycles. The Labute approximate surface area is 106 Å². The van der Waals surface area contributed by atoms with Crippen LogP contribution in [-0.2, 0) is 7.05 Å². The summed E-state index contributed by atoms with van der Waals surface area (Å²) in [5.74, 6) is 1.10. The van der Waals surface area contributed by atoms with Gasteiger partial charge in [0.2, 0.25) is 0 Å². The Balaban J connectivity index is 2.03. The average molecular weight is 256 g/mol. The fraction of sp³-hybridized carbons (Fsp3) is 0.231. The van der Waals surface area contributed by atoms with Gasteiger partial charge in [0.15, 0.2) is 0 Å². The molecule has 1 saturated heterocycles. The van der Waals surface area contributed by atoms with Crippen molar-refractivity contribution in [2.45, 2.75) is 0 Å². The van der Waals surface area contributed by atoms with E-state index in [0.717, 1.165) is 26.7 Å². The summed E-state index contributed by atoms with van der Waals surface area (Å²) >= 11 is 0. The topological polar surface area (TPSA) is 34.0 Å². The maximum absolute atomic E-state index is 4.80. The van der Waals surface area contributed by atoms with Crippen LogP contribution < -0.4 is 4.67 Å². The van der Waals surface area contributed by atoms with Crippen LogP contribution in [0, 0.1) is 0 Å². The summed E-state index contributed by atoms with van der Waals surface area (Å²) in [6.07, 6.45) is 5.06. The molecular formula is C13H13N4P. The van der Waals surface area contributed by atoms with Crippen molar-refractivity contribution in [3.63, 3.8) is 0 Å². The van der Waals surface area contributed by atoms with Crippen LogP contribution in [0.15, 0.2) is 30.6 Å². The molecule has 4 nitrogen and oxygen atoms in total. The second-order valence-corrected chi connectivity index (χ2v) is 5.91. The van der Waals surface area contributed by atoms with E-state index in [0.29, 0.717) is 0 Å². The Morgan fingerprint density at radius 3 is 2.89 bits per heavy atom. The van der Waals surface area contributed by atoms with E-state index in [1.54, 1.807) is 0 Å². The molecule has 1 unspecified atom stereocenters. The maximum atomic E-state index is 4.80. The van der Waals surface area contributed by atoms with Crippen molar-refractivity contribution in [2.24, 2.45) is 7.05 Å². The van der Waals surface area contributed by atoms with Crippen LogP contribution in [0.5, 0.6) is 0 Å². The monoisotopic (exact) mass is 256 g/mol. The van der Waals surface area contributed by atoms with Crippen molar-refractivity contribution in [1.29, 1.82) is 0 Å². The summed E-state index contributed by atoms with van der Waals surface area (Å²) in [4.78, 5) is 9.01. The van der Waals surface area contributed by atoms with Crippen LogP contribution in [0.3, 0.4) is 0 Å². The summed E-state index contributed by atoms with van der Waals surface area (Å²) in [6, 6.07) is 6.34. The lowest BCUT2D eigenvalue weighted by Crippen LogP contribution is -2.27. The molecule has 0 aromatic carbocycles. The SMILES string of the molecule is Cn1c2ccncc2c2ccc(N3CCP3)nc21. The minimum absolute atomic E-state index is 0.896. The van der Waals surface area contributed by atoms with Crippen molar-refractivity contribution in [3.8, 4) is 0 Å². The first kappa shape index (κ1) is 10.3. The highest BCUT2D eigenvalue weighted by atomic mass is 31.1. The van der Waals surface area contributed by atoms with Gasteiger partial charge in [-0.05, 0) is 26.9 Å². The lowest BCUT2D eigenvalue weighted by molar-refractivity contribution is 0.968. The van der Waals surface area contributed by atoms with Gasteiger partial charge < -0.3 is 9.24 Å². The molecule has 3 aromatic rings. The van der Waals surface area contributed by atoms with Gasteiger partial charge in [-0.2, -0.15) is 0 Å². The number of anilines is 1. The fourth-order valence-corrected chi connectivity index (χ4v) is 3.21. The van der Waals surface area contributed by atoms with Gasteiger partial charge in [0.1, 0.15) is 11.5 Å². The molecule has 18 heavy (non-hydrogen) atoms. The molecule has 5 heteroatoms. The smallest absolute Gasteiger partial charge is 0.143 e. The summed E-state index contributed by atoms with van der Waals surface area (Å²) < 4.78 is 4.49.